The van der Waals surface area contributed by atoms with Crippen LogP contribution in [-0.4, -0.2) is 34.9 Å². The summed E-state index contributed by atoms with van der Waals surface area (Å²) in [6, 6.07) is 23.5. The Kier molecular flexibility index (Phi) is 7.74. The van der Waals surface area contributed by atoms with Gasteiger partial charge >= 0.3 is 0 Å². The van der Waals surface area contributed by atoms with Crippen molar-refractivity contribution in [2.24, 2.45) is 0 Å². The predicted octanol–water partition coefficient (Wildman–Crippen LogP) is 5.27. The van der Waals surface area contributed by atoms with E-state index in [1.165, 1.54) is 23.1 Å². The monoisotopic (exact) mass is 491 g/mol. The van der Waals surface area contributed by atoms with Crippen LogP contribution in [0.25, 0.3) is 0 Å². The van der Waals surface area contributed by atoms with E-state index in [4.69, 9.17) is 4.74 Å². The Morgan fingerprint density at radius 3 is 2.24 bits per heavy atom. The van der Waals surface area contributed by atoms with Gasteiger partial charge in [-0.25, -0.2) is 0 Å². The highest BCUT2D eigenvalue weighted by atomic mass is 32.2. The van der Waals surface area contributed by atoms with Crippen molar-refractivity contribution in [2.75, 3.05) is 28.8 Å². The molecule has 172 valence electrons. The van der Waals surface area contributed by atoms with E-state index in [0.29, 0.717) is 32.2 Å². The predicted molar refractivity (Wildman–Crippen MR) is 136 cm³/mol. The molecule has 0 atom stereocenters. The van der Waals surface area contributed by atoms with Gasteiger partial charge in [0.25, 0.3) is 5.91 Å². The summed E-state index contributed by atoms with van der Waals surface area (Å²) in [5.74, 6) is 0.495. The Morgan fingerprint density at radius 1 is 0.853 bits per heavy atom. The van der Waals surface area contributed by atoms with Gasteiger partial charge in [0.05, 0.1) is 12.9 Å². The second kappa shape index (κ2) is 11.3. The number of para-hydroxylation sites is 1. The maximum atomic E-state index is 12.4. The van der Waals surface area contributed by atoms with Crippen LogP contribution in [0.4, 0.5) is 22.2 Å². The Labute approximate surface area is 204 Å². The molecule has 3 aromatic carbocycles. The third-order valence-corrected chi connectivity index (χ3v) is 6.51. The molecule has 0 saturated carbocycles. The summed E-state index contributed by atoms with van der Waals surface area (Å²) in [5.41, 5.74) is 2.68. The van der Waals surface area contributed by atoms with E-state index in [1.54, 1.807) is 55.6 Å². The van der Waals surface area contributed by atoms with Crippen molar-refractivity contribution in [3.63, 3.8) is 0 Å². The van der Waals surface area contributed by atoms with Crippen molar-refractivity contribution in [2.45, 2.75) is 4.34 Å². The van der Waals surface area contributed by atoms with E-state index < -0.39 is 0 Å². The average Bonchev–Trinajstić information content (AvgIpc) is 3.31. The van der Waals surface area contributed by atoms with Gasteiger partial charge in [-0.15, -0.1) is 10.2 Å². The molecule has 10 heteroatoms. The average molecular weight is 492 g/mol. The number of rotatable bonds is 9. The number of hydrogen-bond donors (Lipinski definition) is 3. The number of carbonyl (C=O) groups is 2. The third kappa shape index (κ3) is 6.56. The van der Waals surface area contributed by atoms with E-state index in [2.05, 4.69) is 26.1 Å². The van der Waals surface area contributed by atoms with Crippen LogP contribution in [0.5, 0.6) is 5.75 Å². The zero-order valence-corrected chi connectivity index (χ0v) is 19.8. The number of hydrogen-bond acceptors (Lipinski definition) is 8. The van der Waals surface area contributed by atoms with E-state index in [9.17, 15) is 9.59 Å². The third-order valence-electron chi connectivity index (χ3n) is 4.54. The van der Waals surface area contributed by atoms with Crippen molar-refractivity contribution in [3.8, 4) is 5.75 Å². The molecule has 0 bridgehead atoms. The molecule has 4 rings (SSSR count). The summed E-state index contributed by atoms with van der Waals surface area (Å²) < 4.78 is 5.81. The van der Waals surface area contributed by atoms with Crippen molar-refractivity contribution >= 4 is 57.1 Å². The largest absolute Gasteiger partial charge is 0.497 e. The van der Waals surface area contributed by atoms with Gasteiger partial charge in [0, 0.05) is 22.6 Å². The molecule has 0 spiro atoms. The first-order valence-electron chi connectivity index (χ1n) is 10.2. The summed E-state index contributed by atoms with van der Waals surface area (Å²) in [5, 5.41) is 17.7. The first-order valence-corrected chi connectivity index (χ1v) is 12.0. The Bertz CT molecular complexity index is 1250. The van der Waals surface area contributed by atoms with E-state index in [-0.39, 0.29) is 17.6 Å². The molecule has 8 nitrogen and oxygen atoms in total. The molecule has 4 aromatic rings. The topological polar surface area (TPSA) is 105 Å². The minimum atomic E-state index is -0.241. The van der Waals surface area contributed by atoms with Crippen LogP contribution in [0, 0.1) is 0 Å². The maximum absolute atomic E-state index is 12.4. The summed E-state index contributed by atoms with van der Waals surface area (Å²) >= 11 is 2.69. The number of amides is 2. The number of benzene rings is 3. The minimum absolute atomic E-state index is 0.173. The molecular weight excluding hydrogens is 470 g/mol. The number of anilines is 4. The van der Waals surface area contributed by atoms with E-state index in [1.807, 2.05) is 30.3 Å². The molecular formula is C24H21N5O3S2. The molecule has 0 aliphatic heterocycles. The summed E-state index contributed by atoms with van der Waals surface area (Å²) in [6.07, 6.45) is 0. The van der Waals surface area contributed by atoms with Crippen LogP contribution in [0.3, 0.4) is 0 Å². The van der Waals surface area contributed by atoms with Gasteiger partial charge in [-0.2, -0.15) is 0 Å². The first-order chi connectivity index (χ1) is 16.6. The molecule has 1 aromatic heterocycles. The summed E-state index contributed by atoms with van der Waals surface area (Å²) in [4.78, 5) is 24.7. The SMILES string of the molecule is COc1ccc(NC(=O)c2ccc(NC(=O)CSc3nnc(Nc4ccccc4)s3)cc2)cc1. The van der Waals surface area contributed by atoms with Gasteiger partial charge in [-0.05, 0) is 60.7 Å². The fourth-order valence-electron chi connectivity index (χ4n) is 2.87. The number of thioether (sulfide) groups is 1. The van der Waals surface area contributed by atoms with Crippen molar-refractivity contribution in [3.05, 3.63) is 84.4 Å². The highest BCUT2D eigenvalue weighted by molar-refractivity contribution is 8.01. The molecule has 3 N–H and O–H groups in total. The summed E-state index contributed by atoms with van der Waals surface area (Å²) in [7, 11) is 1.59. The van der Waals surface area contributed by atoms with Gasteiger partial charge in [-0.1, -0.05) is 41.3 Å². The van der Waals surface area contributed by atoms with Gasteiger partial charge in [0.1, 0.15) is 5.75 Å². The van der Waals surface area contributed by atoms with Crippen LogP contribution in [-0.2, 0) is 4.79 Å². The Hall–Kier alpha value is -3.89. The lowest BCUT2D eigenvalue weighted by Crippen LogP contribution is -2.15. The normalized spacial score (nSPS) is 10.4. The van der Waals surface area contributed by atoms with Crippen LogP contribution < -0.4 is 20.7 Å². The van der Waals surface area contributed by atoms with Gasteiger partial charge in [0.15, 0.2) is 4.34 Å². The zero-order chi connectivity index (χ0) is 23.8. The number of nitrogens with zero attached hydrogens (tertiary/aromatic N) is 2. The van der Waals surface area contributed by atoms with Crippen LogP contribution in [0.15, 0.2) is 83.2 Å². The fourth-order valence-corrected chi connectivity index (χ4v) is 4.44. The fraction of sp³-hybridized carbons (Fsp3) is 0.0833. The number of aromatic nitrogens is 2. The molecule has 0 unspecified atom stereocenters. The van der Waals surface area contributed by atoms with Crippen molar-refractivity contribution < 1.29 is 14.3 Å². The molecule has 0 aliphatic carbocycles. The van der Waals surface area contributed by atoms with Crippen LogP contribution in [0.1, 0.15) is 10.4 Å². The molecule has 0 radical (unpaired) electrons. The molecule has 2 amide bonds. The second-order valence-corrected chi connectivity index (χ2v) is 9.16. The zero-order valence-electron chi connectivity index (χ0n) is 18.1. The van der Waals surface area contributed by atoms with Crippen molar-refractivity contribution in [1.29, 1.82) is 0 Å². The lowest BCUT2D eigenvalue weighted by Gasteiger charge is -2.08. The number of methoxy groups -OCH3 is 1. The standard InChI is InChI=1S/C24H21N5O3S2/c1-32-20-13-11-19(12-14-20)26-22(31)16-7-9-18(10-8-16)25-21(30)15-33-24-29-28-23(34-24)27-17-5-3-2-4-6-17/h2-14H,15H2,1H3,(H,25,30)(H,26,31)(H,27,28). The lowest BCUT2D eigenvalue weighted by molar-refractivity contribution is -0.113. The van der Waals surface area contributed by atoms with Gasteiger partial charge in [-0.3, -0.25) is 9.59 Å². The highest BCUT2D eigenvalue weighted by Gasteiger charge is 2.10. The molecule has 1 heterocycles. The minimum Gasteiger partial charge on any atom is -0.497 e. The maximum Gasteiger partial charge on any atom is 0.255 e. The van der Waals surface area contributed by atoms with Crippen molar-refractivity contribution in [1.82, 2.24) is 10.2 Å². The Balaban J connectivity index is 1.24. The summed E-state index contributed by atoms with van der Waals surface area (Å²) in [6.45, 7) is 0. The molecule has 34 heavy (non-hydrogen) atoms. The molecule has 0 fully saturated rings. The smallest absolute Gasteiger partial charge is 0.255 e. The van der Waals surface area contributed by atoms with Crippen LogP contribution >= 0.6 is 23.1 Å². The molecule has 0 saturated heterocycles. The van der Waals surface area contributed by atoms with E-state index >= 15 is 0 Å². The van der Waals surface area contributed by atoms with E-state index in [0.717, 1.165) is 5.69 Å². The van der Waals surface area contributed by atoms with Crippen LogP contribution in [0.2, 0.25) is 0 Å². The first kappa shape index (κ1) is 23.3. The van der Waals surface area contributed by atoms with Gasteiger partial charge in [0.2, 0.25) is 11.0 Å². The van der Waals surface area contributed by atoms with Gasteiger partial charge < -0.3 is 20.7 Å². The quantitative estimate of drug-likeness (QED) is 0.274. The highest BCUT2D eigenvalue weighted by Crippen LogP contribution is 2.27. The lowest BCUT2D eigenvalue weighted by atomic mass is 10.2. The number of carbonyl (C=O) groups excluding carboxylic acids is 2. The number of ether oxygens (including phenoxy) is 1. The second-order valence-electron chi connectivity index (χ2n) is 6.96. The number of nitrogens with one attached hydrogen (secondary N) is 3. The molecule has 0 aliphatic rings. The Morgan fingerprint density at radius 2 is 1.53 bits per heavy atom.